The fourth-order valence-electron chi connectivity index (χ4n) is 2.21. The standard InChI is InChI=1S/C17H15N3O3/c21-16(7-6-13-3-2-8-18-12-13)19-14-4-1-5-15(11-14)20-9-10-23-17(20)22/h1-8,11-12H,9-10H2,(H,19,21). The van der Waals surface area contributed by atoms with E-state index in [0.29, 0.717) is 24.5 Å². The largest absolute Gasteiger partial charge is 0.447 e. The number of cyclic esters (lactones) is 1. The maximum absolute atomic E-state index is 12.0. The molecular formula is C17H15N3O3. The zero-order valence-electron chi connectivity index (χ0n) is 12.3. The Labute approximate surface area is 133 Å². The number of pyridine rings is 1. The van der Waals surface area contributed by atoms with Crippen LogP contribution in [0.1, 0.15) is 5.56 Å². The minimum atomic E-state index is -0.370. The molecule has 1 aromatic heterocycles. The van der Waals surface area contributed by atoms with Crippen LogP contribution >= 0.6 is 0 Å². The minimum absolute atomic E-state index is 0.255. The van der Waals surface area contributed by atoms with Crippen LogP contribution in [0.15, 0.2) is 54.9 Å². The van der Waals surface area contributed by atoms with Crippen LogP contribution in [0.5, 0.6) is 0 Å². The molecule has 1 aliphatic rings. The number of carbonyl (C=O) groups excluding carboxylic acids is 2. The first-order chi connectivity index (χ1) is 11.2. The lowest BCUT2D eigenvalue weighted by Gasteiger charge is -2.13. The number of anilines is 2. The van der Waals surface area contributed by atoms with E-state index in [2.05, 4.69) is 10.3 Å². The van der Waals surface area contributed by atoms with Gasteiger partial charge in [-0.2, -0.15) is 0 Å². The van der Waals surface area contributed by atoms with Crippen molar-refractivity contribution in [3.05, 3.63) is 60.4 Å². The van der Waals surface area contributed by atoms with Crippen LogP contribution < -0.4 is 10.2 Å². The van der Waals surface area contributed by atoms with Crippen LogP contribution in [0.2, 0.25) is 0 Å². The SMILES string of the molecule is O=C(C=Cc1cccnc1)Nc1cccc(N2CCOC2=O)c1. The van der Waals surface area contributed by atoms with E-state index >= 15 is 0 Å². The van der Waals surface area contributed by atoms with E-state index in [-0.39, 0.29) is 12.0 Å². The number of carbonyl (C=O) groups is 2. The monoisotopic (exact) mass is 309 g/mol. The third-order valence-electron chi connectivity index (χ3n) is 3.30. The topological polar surface area (TPSA) is 71.5 Å². The first-order valence-corrected chi connectivity index (χ1v) is 7.16. The Kier molecular flexibility index (Phi) is 4.33. The number of nitrogens with zero attached hydrogens (tertiary/aromatic N) is 2. The highest BCUT2D eigenvalue weighted by Crippen LogP contribution is 2.22. The summed E-state index contributed by atoms with van der Waals surface area (Å²) in [5.41, 5.74) is 2.15. The molecule has 1 saturated heterocycles. The van der Waals surface area contributed by atoms with Crippen LogP contribution in [0.4, 0.5) is 16.2 Å². The number of hydrogen-bond acceptors (Lipinski definition) is 4. The van der Waals surface area contributed by atoms with Gasteiger partial charge in [-0.3, -0.25) is 14.7 Å². The molecule has 6 heteroatoms. The normalized spacial score (nSPS) is 14.1. The van der Waals surface area contributed by atoms with Crippen LogP contribution in [-0.2, 0) is 9.53 Å². The number of amides is 2. The summed E-state index contributed by atoms with van der Waals surface area (Å²) in [7, 11) is 0. The summed E-state index contributed by atoms with van der Waals surface area (Å²) in [6.45, 7) is 0.889. The van der Waals surface area contributed by atoms with Crippen molar-refractivity contribution in [1.29, 1.82) is 0 Å². The van der Waals surface area contributed by atoms with Gasteiger partial charge in [0.2, 0.25) is 5.91 Å². The average molecular weight is 309 g/mol. The lowest BCUT2D eigenvalue weighted by Crippen LogP contribution is -2.23. The van der Waals surface area contributed by atoms with Gasteiger partial charge in [-0.25, -0.2) is 4.79 Å². The Bertz CT molecular complexity index is 744. The third kappa shape index (κ3) is 3.74. The Balaban J connectivity index is 1.67. The van der Waals surface area contributed by atoms with Crippen molar-refractivity contribution in [2.24, 2.45) is 0 Å². The number of hydrogen-bond donors (Lipinski definition) is 1. The van der Waals surface area contributed by atoms with Crippen molar-refractivity contribution in [2.75, 3.05) is 23.4 Å². The maximum Gasteiger partial charge on any atom is 0.414 e. The van der Waals surface area contributed by atoms with Crippen molar-refractivity contribution in [1.82, 2.24) is 4.98 Å². The van der Waals surface area contributed by atoms with Gasteiger partial charge in [-0.1, -0.05) is 12.1 Å². The van der Waals surface area contributed by atoms with Crippen molar-refractivity contribution in [2.45, 2.75) is 0 Å². The van der Waals surface area contributed by atoms with Crippen molar-refractivity contribution in [3.8, 4) is 0 Å². The van der Waals surface area contributed by atoms with E-state index in [4.69, 9.17) is 4.74 Å². The number of ether oxygens (including phenoxy) is 1. The Morgan fingerprint density at radius 1 is 1.30 bits per heavy atom. The number of benzene rings is 1. The van der Waals surface area contributed by atoms with E-state index in [9.17, 15) is 9.59 Å². The smallest absolute Gasteiger partial charge is 0.414 e. The van der Waals surface area contributed by atoms with Crippen LogP contribution in [-0.4, -0.2) is 30.1 Å². The zero-order chi connectivity index (χ0) is 16.1. The third-order valence-corrected chi connectivity index (χ3v) is 3.30. The van der Waals surface area contributed by atoms with Gasteiger partial charge in [0, 0.05) is 29.8 Å². The summed E-state index contributed by atoms with van der Waals surface area (Å²) in [6.07, 6.45) is 6.10. The predicted molar refractivity (Wildman–Crippen MR) is 87.0 cm³/mol. The van der Waals surface area contributed by atoms with E-state index in [1.54, 1.807) is 48.8 Å². The highest BCUT2D eigenvalue weighted by Gasteiger charge is 2.23. The van der Waals surface area contributed by atoms with Crippen molar-refractivity contribution in [3.63, 3.8) is 0 Å². The molecule has 2 aromatic rings. The highest BCUT2D eigenvalue weighted by molar-refractivity contribution is 6.02. The Morgan fingerprint density at radius 2 is 2.22 bits per heavy atom. The molecule has 23 heavy (non-hydrogen) atoms. The number of rotatable bonds is 4. The van der Waals surface area contributed by atoms with Gasteiger partial charge in [0.15, 0.2) is 0 Å². The minimum Gasteiger partial charge on any atom is -0.447 e. The van der Waals surface area contributed by atoms with Gasteiger partial charge in [0.25, 0.3) is 0 Å². The molecule has 0 radical (unpaired) electrons. The molecule has 2 amide bonds. The van der Waals surface area contributed by atoms with Gasteiger partial charge >= 0.3 is 6.09 Å². The molecule has 0 bridgehead atoms. The zero-order valence-corrected chi connectivity index (χ0v) is 12.3. The van der Waals surface area contributed by atoms with Gasteiger partial charge in [0.05, 0.1) is 6.54 Å². The Morgan fingerprint density at radius 3 is 2.96 bits per heavy atom. The van der Waals surface area contributed by atoms with E-state index in [1.165, 1.54) is 11.0 Å². The van der Waals surface area contributed by atoms with Crippen LogP contribution in [0, 0.1) is 0 Å². The molecule has 1 aliphatic heterocycles. The summed E-state index contributed by atoms with van der Waals surface area (Å²) < 4.78 is 4.91. The first kappa shape index (κ1) is 14.8. The molecular weight excluding hydrogens is 294 g/mol. The lowest BCUT2D eigenvalue weighted by atomic mass is 10.2. The molecule has 1 aromatic carbocycles. The molecule has 0 atom stereocenters. The summed E-state index contributed by atoms with van der Waals surface area (Å²) in [5, 5.41) is 2.77. The first-order valence-electron chi connectivity index (χ1n) is 7.16. The second-order valence-electron chi connectivity index (χ2n) is 4.93. The molecule has 1 N–H and O–H groups in total. The second-order valence-corrected chi connectivity index (χ2v) is 4.93. The number of aromatic nitrogens is 1. The quantitative estimate of drug-likeness (QED) is 0.881. The average Bonchev–Trinajstić information content (AvgIpc) is 3.00. The van der Waals surface area contributed by atoms with Gasteiger partial charge in [-0.05, 0) is 35.9 Å². The fourth-order valence-corrected chi connectivity index (χ4v) is 2.21. The summed E-state index contributed by atoms with van der Waals surface area (Å²) in [4.78, 5) is 29.0. The van der Waals surface area contributed by atoms with Crippen molar-refractivity contribution >= 4 is 29.5 Å². The van der Waals surface area contributed by atoms with Crippen molar-refractivity contribution < 1.29 is 14.3 Å². The molecule has 0 aliphatic carbocycles. The molecule has 116 valence electrons. The molecule has 3 rings (SSSR count). The molecule has 6 nitrogen and oxygen atoms in total. The fraction of sp³-hybridized carbons (Fsp3) is 0.118. The molecule has 1 fully saturated rings. The van der Waals surface area contributed by atoms with Gasteiger partial charge < -0.3 is 10.1 Å². The second kappa shape index (κ2) is 6.74. The van der Waals surface area contributed by atoms with E-state index in [1.807, 2.05) is 6.07 Å². The molecule has 2 heterocycles. The number of nitrogens with one attached hydrogen (secondary N) is 1. The van der Waals surface area contributed by atoms with Gasteiger partial charge in [0.1, 0.15) is 6.61 Å². The highest BCUT2D eigenvalue weighted by atomic mass is 16.6. The predicted octanol–water partition coefficient (Wildman–Crippen LogP) is 2.69. The van der Waals surface area contributed by atoms with E-state index in [0.717, 1.165) is 5.56 Å². The molecule has 0 saturated carbocycles. The van der Waals surface area contributed by atoms with E-state index < -0.39 is 0 Å². The molecule has 0 unspecified atom stereocenters. The van der Waals surface area contributed by atoms with Gasteiger partial charge in [-0.15, -0.1) is 0 Å². The Hall–Kier alpha value is -3.15. The summed E-state index contributed by atoms with van der Waals surface area (Å²) in [5.74, 6) is -0.255. The van der Waals surface area contributed by atoms with Crippen LogP contribution in [0.25, 0.3) is 6.08 Å². The van der Waals surface area contributed by atoms with Crippen LogP contribution in [0.3, 0.4) is 0 Å². The lowest BCUT2D eigenvalue weighted by molar-refractivity contribution is -0.111. The maximum atomic E-state index is 12.0. The molecule has 0 spiro atoms. The summed E-state index contributed by atoms with van der Waals surface area (Å²) >= 11 is 0. The summed E-state index contributed by atoms with van der Waals surface area (Å²) in [6, 6.07) is 10.7.